The van der Waals surface area contributed by atoms with Crippen molar-refractivity contribution < 1.29 is 29.0 Å². The molecule has 0 unspecified atom stereocenters. The van der Waals surface area contributed by atoms with Crippen molar-refractivity contribution in [2.45, 2.75) is 46.1 Å². The number of aryl methyl sites for hydroxylation is 2. The molecule has 0 spiro atoms. The molecule has 1 aliphatic carbocycles. The number of hydrogen-bond donors (Lipinski definition) is 1. The average Bonchev–Trinajstić information content (AvgIpc) is 3.44. The maximum absolute atomic E-state index is 13.1. The number of nitrogens with zero attached hydrogens (tertiary/aromatic N) is 2. The van der Waals surface area contributed by atoms with E-state index in [2.05, 4.69) is 11.1 Å². The summed E-state index contributed by atoms with van der Waals surface area (Å²) in [5.41, 5.74) is 6.65. The molecule has 5 rings (SSSR count). The van der Waals surface area contributed by atoms with Crippen LogP contribution in [-0.2, 0) is 19.1 Å². The van der Waals surface area contributed by atoms with Crippen LogP contribution in [0.15, 0.2) is 47.7 Å². The molecular weight excluding hydrogens is 484 g/mol. The van der Waals surface area contributed by atoms with E-state index in [4.69, 9.17) is 9.47 Å². The van der Waals surface area contributed by atoms with Gasteiger partial charge in [-0.25, -0.2) is 4.79 Å². The number of methoxy groups -OCH3 is 1. The first-order chi connectivity index (χ1) is 18.2. The minimum atomic E-state index is -0.922. The SMILES string of the molecule is COC(=O)N1C(=O)[C@@H]2[C@@H](CC(C)=C3[C@@H](CC/C(=C/c4cc(C)c(O)c(C)c4)c4ccccn4)OC[C@@H]32)C1=O. The number of imide groups is 3. The van der Waals surface area contributed by atoms with E-state index in [1.54, 1.807) is 6.20 Å². The van der Waals surface area contributed by atoms with Gasteiger partial charge in [0.1, 0.15) is 5.75 Å². The minimum absolute atomic E-state index is 0.188. The predicted molar refractivity (Wildman–Crippen MR) is 141 cm³/mol. The van der Waals surface area contributed by atoms with Crippen molar-refractivity contribution in [1.82, 2.24) is 9.88 Å². The van der Waals surface area contributed by atoms with Crippen LogP contribution in [0.5, 0.6) is 5.75 Å². The number of benzene rings is 1. The molecule has 38 heavy (non-hydrogen) atoms. The van der Waals surface area contributed by atoms with Crippen LogP contribution in [0.4, 0.5) is 4.79 Å². The van der Waals surface area contributed by atoms with E-state index in [0.717, 1.165) is 39.1 Å². The number of hydrogen-bond acceptors (Lipinski definition) is 7. The third-order valence-electron chi connectivity index (χ3n) is 8.03. The smallest absolute Gasteiger partial charge is 0.423 e. The number of allylic oxidation sites excluding steroid dienone is 2. The predicted octanol–water partition coefficient (Wildman–Crippen LogP) is 4.83. The Morgan fingerprint density at radius 1 is 1.16 bits per heavy atom. The maximum Gasteiger partial charge on any atom is 0.423 e. The van der Waals surface area contributed by atoms with Crippen molar-refractivity contribution in [3.05, 3.63) is 70.1 Å². The van der Waals surface area contributed by atoms with Gasteiger partial charge in [0, 0.05) is 12.1 Å². The van der Waals surface area contributed by atoms with Crippen LogP contribution in [0, 0.1) is 31.6 Å². The topological polar surface area (TPSA) is 106 Å². The standard InChI is InChI=1S/C30H32N2O6/c1-16-13-21-26(29(35)32(28(21)34)30(36)37-4)22-15-38-24(25(16)22)9-8-20(23-7-5-6-10-31-23)14-19-11-17(2)27(33)18(3)12-19/h5-7,10-12,14,21-22,24,26,33H,8-9,13,15H2,1-4H3/b20-14-/t21-,22+,24-,26-/m1/s1. The van der Waals surface area contributed by atoms with Crippen molar-refractivity contribution in [2.24, 2.45) is 17.8 Å². The number of aromatic nitrogens is 1. The zero-order chi connectivity index (χ0) is 27.1. The molecule has 1 N–H and O–H groups in total. The monoisotopic (exact) mass is 516 g/mol. The first-order valence-corrected chi connectivity index (χ1v) is 12.9. The summed E-state index contributed by atoms with van der Waals surface area (Å²) in [6, 6.07) is 9.72. The van der Waals surface area contributed by atoms with E-state index in [-0.39, 0.29) is 12.0 Å². The Hall–Kier alpha value is -3.78. The average molecular weight is 517 g/mol. The number of likely N-dealkylation sites (tertiary alicyclic amines) is 1. The quantitative estimate of drug-likeness (QED) is 0.448. The van der Waals surface area contributed by atoms with Crippen LogP contribution in [-0.4, -0.2) is 52.7 Å². The summed E-state index contributed by atoms with van der Waals surface area (Å²) in [7, 11) is 1.17. The molecule has 2 fully saturated rings. The van der Waals surface area contributed by atoms with Gasteiger partial charge in [-0.05, 0) is 98.2 Å². The Bertz CT molecular complexity index is 1340. The Morgan fingerprint density at radius 2 is 1.89 bits per heavy atom. The summed E-state index contributed by atoms with van der Waals surface area (Å²) in [6.07, 6.45) is 4.55. The second-order valence-corrected chi connectivity index (χ2v) is 10.4. The van der Waals surface area contributed by atoms with Gasteiger partial charge in [-0.2, -0.15) is 4.90 Å². The van der Waals surface area contributed by atoms with E-state index >= 15 is 0 Å². The molecule has 1 aromatic heterocycles. The molecule has 4 atom stereocenters. The lowest BCUT2D eigenvalue weighted by Crippen LogP contribution is -2.37. The summed E-state index contributed by atoms with van der Waals surface area (Å²) in [4.78, 5) is 43.4. The van der Waals surface area contributed by atoms with E-state index in [1.165, 1.54) is 7.11 Å². The second kappa shape index (κ2) is 10.2. The molecule has 0 radical (unpaired) electrons. The number of carbonyl (C=O) groups is 3. The first-order valence-electron chi connectivity index (χ1n) is 12.9. The largest absolute Gasteiger partial charge is 0.507 e. The molecule has 3 heterocycles. The third-order valence-corrected chi connectivity index (χ3v) is 8.03. The molecule has 0 saturated carbocycles. The van der Waals surface area contributed by atoms with Gasteiger partial charge in [-0.15, -0.1) is 0 Å². The number of ether oxygens (including phenoxy) is 2. The zero-order valence-corrected chi connectivity index (χ0v) is 22.1. The normalized spacial score (nSPS) is 25.1. The zero-order valence-electron chi connectivity index (χ0n) is 22.1. The number of fused-ring (bicyclic) bond motifs is 3. The van der Waals surface area contributed by atoms with Crippen LogP contribution in [0.1, 0.15) is 48.6 Å². The van der Waals surface area contributed by atoms with Crippen LogP contribution >= 0.6 is 0 Å². The minimum Gasteiger partial charge on any atom is -0.507 e. The van der Waals surface area contributed by atoms with Crippen molar-refractivity contribution in [3.63, 3.8) is 0 Å². The van der Waals surface area contributed by atoms with Crippen molar-refractivity contribution in [2.75, 3.05) is 13.7 Å². The Morgan fingerprint density at radius 3 is 2.55 bits per heavy atom. The van der Waals surface area contributed by atoms with Crippen LogP contribution in [0.25, 0.3) is 11.6 Å². The van der Waals surface area contributed by atoms with Gasteiger partial charge >= 0.3 is 6.09 Å². The van der Waals surface area contributed by atoms with E-state index in [1.807, 2.05) is 51.1 Å². The Kier molecular flexibility index (Phi) is 6.92. The van der Waals surface area contributed by atoms with Crippen LogP contribution < -0.4 is 0 Å². The van der Waals surface area contributed by atoms with Crippen LogP contribution in [0.3, 0.4) is 0 Å². The molecular formula is C30H32N2O6. The lowest BCUT2D eigenvalue weighted by Gasteiger charge is -2.30. The highest BCUT2D eigenvalue weighted by Gasteiger charge is 2.58. The molecule has 1 aromatic carbocycles. The first kappa shape index (κ1) is 25.9. The summed E-state index contributed by atoms with van der Waals surface area (Å²) >= 11 is 0. The van der Waals surface area contributed by atoms with E-state index in [0.29, 0.717) is 36.5 Å². The lowest BCUT2D eigenvalue weighted by atomic mass is 9.70. The molecule has 3 amide bonds. The number of phenols is 1. The molecule has 0 bridgehead atoms. The lowest BCUT2D eigenvalue weighted by molar-refractivity contribution is -0.137. The van der Waals surface area contributed by atoms with Crippen molar-refractivity contribution >= 4 is 29.6 Å². The molecule has 3 aliphatic rings. The molecule has 2 aliphatic heterocycles. The number of amides is 3. The highest BCUT2D eigenvalue weighted by Crippen LogP contribution is 2.50. The fraction of sp³-hybridized carbons (Fsp3) is 0.400. The van der Waals surface area contributed by atoms with Crippen molar-refractivity contribution in [3.8, 4) is 5.75 Å². The van der Waals surface area contributed by atoms with Gasteiger partial charge < -0.3 is 14.6 Å². The van der Waals surface area contributed by atoms with Crippen LogP contribution in [0.2, 0.25) is 0 Å². The van der Waals surface area contributed by atoms with Crippen molar-refractivity contribution in [1.29, 1.82) is 0 Å². The summed E-state index contributed by atoms with van der Waals surface area (Å²) < 4.78 is 10.9. The number of carbonyl (C=O) groups excluding carboxylic acids is 3. The number of rotatable bonds is 5. The fourth-order valence-electron chi connectivity index (χ4n) is 6.29. The number of phenolic OH excluding ortho intramolecular Hbond substituents is 1. The third kappa shape index (κ3) is 4.43. The summed E-state index contributed by atoms with van der Waals surface area (Å²) in [5.74, 6) is -2.04. The van der Waals surface area contributed by atoms with Gasteiger partial charge in [0.05, 0.1) is 37.4 Å². The molecule has 2 saturated heterocycles. The maximum atomic E-state index is 13.1. The second-order valence-electron chi connectivity index (χ2n) is 10.4. The van der Waals surface area contributed by atoms with Gasteiger partial charge in [0.15, 0.2) is 0 Å². The van der Waals surface area contributed by atoms with E-state index < -0.39 is 29.7 Å². The number of pyridine rings is 1. The fourth-order valence-corrected chi connectivity index (χ4v) is 6.29. The summed E-state index contributed by atoms with van der Waals surface area (Å²) in [5, 5.41) is 10.2. The Labute approximate surface area is 222 Å². The molecule has 8 nitrogen and oxygen atoms in total. The van der Waals surface area contributed by atoms with E-state index in [9.17, 15) is 19.5 Å². The van der Waals surface area contributed by atoms with Gasteiger partial charge in [0.25, 0.3) is 0 Å². The molecule has 8 heteroatoms. The summed E-state index contributed by atoms with van der Waals surface area (Å²) in [6.45, 7) is 6.10. The molecule has 198 valence electrons. The highest BCUT2D eigenvalue weighted by atomic mass is 16.5. The van der Waals surface area contributed by atoms with Gasteiger partial charge in [-0.1, -0.05) is 11.6 Å². The highest BCUT2D eigenvalue weighted by molar-refractivity contribution is 6.16. The number of aromatic hydroxyl groups is 1. The van der Waals surface area contributed by atoms with Gasteiger partial charge in [0.2, 0.25) is 11.8 Å². The molecule has 2 aromatic rings. The Balaban J connectivity index is 1.40. The van der Waals surface area contributed by atoms with Gasteiger partial charge in [-0.3, -0.25) is 14.6 Å².